The van der Waals surface area contributed by atoms with E-state index in [2.05, 4.69) is 20.4 Å². The van der Waals surface area contributed by atoms with Crippen molar-refractivity contribution in [3.8, 4) is 23.0 Å². The number of hydrogen-bond donors (Lipinski definition) is 3. The van der Waals surface area contributed by atoms with Gasteiger partial charge in [0, 0.05) is 41.1 Å². The number of piperazine rings is 1. The molecule has 0 saturated carbocycles. The SMILES string of the molecule is Oc1cc(-c2nc3c4c(nc(OCC56CCCN5CCC6)nc4c2F)N2CC4CCC(N4)C2CN3)c2c(Cl)cccc2c1. The van der Waals surface area contributed by atoms with E-state index in [1.165, 1.54) is 6.07 Å². The molecule has 9 nitrogen and oxygen atoms in total. The highest BCUT2D eigenvalue weighted by molar-refractivity contribution is 6.36. The van der Waals surface area contributed by atoms with E-state index in [9.17, 15) is 5.11 Å². The maximum absolute atomic E-state index is 16.9. The Balaban J connectivity index is 1.24. The molecular formula is C32H33ClFN7O2. The van der Waals surface area contributed by atoms with Crippen LogP contribution in [0.2, 0.25) is 5.02 Å². The number of ether oxygens (including phenoxy) is 1. The number of benzene rings is 2. The van der Waals surface area contributed by atoms with Crippen LogP contribution in [0.25, 0.3) is 32.9 Å². The minimum atomic E-state index is -0.584. The number of hydrogen-bond acceptors (Lipinski definition) is 9. The van der Waals surface area contributed by atoms with E-state index in [1.807, 2.05) is 12.1 Å². The molecule has 3 atom stereocenters. The van der Waals surface area contributed by atoms with Crippen LogP contribution in [0.1, 0.15) is 38.5 Å². The van der Waals surface area contributed by atoms with Crippen LogP contribution in [0.5, 0.6) is 11.8 Å². The predicted molar refractivity (Wildman–Crippen MR) is 165 cm³/mol. The average Bonchev–Trinajstić information content (AvgIpc) is 3.67. The second-order valence-electron chi connectivity index (χ2n) is 12.9. The predicted octanol–water partition coefficient (Wildman–Crippen LogP) is 5.09. The molecule has 3 unspecified atom stereocenters. The lowest BCUT2D eigenvalue weighted by molar-refractivity contribution is 0.108. The topological polar surface area (TPSA) is 98.7 Å². The number of phenols is 1. The quantitative estimate of drug-likeness (QED) is 0.296. The van der Waals surface area contributed by atoms with Crippen LogP contribution in [-0.2, 0) is 0 Å². The monoisotopic (exact) mass is 601 g/mol. The molecule has 4 fully saturated rings. The van der Waals surface area contributed by atoms with Gasteiger partial charge in [0.05, 0.1) is 17.0 Å². The Morgan fingerprint density at radius 3 is 2.81 bits per heavy atom. The summed E-state index contributed by atoms with van der Waals surface area (Å²) in [6, 6.07) is 9.55. The minimum Gasteiger partial charge on any atom is -0.508 e. The van der Waals surface area contributed by atoms with Gasteiger partial charge in [-0.05, 0) is 75.2 Å². The number of anilines is 2. The molecule has 9 rings (SSSR count). The summed E-state index contributed by atoms with van der Waals surface area (Å²) in [5.41, 5.74) is 0.662. The van der Waals surface area contributed by atoms with Crippen molar-refractivity contribution in [3.63, 3.8) is 0 Å². The Labute approximate surface area is 253 Å². The van der Waals surface area contributed by atoms with Crippen molar-refractivity contribution in [2.75, 3.05) is 43.0 Å². The van der Waals surface area contributed by atoms with Gasteiger partial charge in [0.15, 0.2) is 5.82 Å². The zero-order valence-electron chi connectivity index (χ0n) is 23.7. The van der Waals surface area contributed by atoms with E-state index in [-0.39, 0.29) is 34.6 Å². The number of phenolic OH excluding ortho intramolecular Hbond substituents is 1. The first kappa shape index (κ1) is 26.0. The molecule has 5 aliphatic heterocycles. The zero-order valence-corrected chi connectivity index (χ0v) is 24.5. The Hall–Kier alpha value is -3.47. The molecule has 222 valence electrons. The molecular weight excluding hydrogens is 569 g/mol. The van der Waals surface area contributed by atoms with E-state index in [0.29, 0.717) is 63.6 Å². The lowest BCUT2D eigenvalue weighted by Gasteiger charge is -2.41. The molecule has 5 aliphatic rings. The highest BCUT2D eigenvalue weighted by atomic mass is 35.5. The van der Waals surface area contributed by atoms with E-state index >= 15 is 4.39 Å². The average molecular weight is 602 g/mol. The third-order valence-corrected chi connectivity index (χ3v) is 10.8. The third-order valence-electron chi connectivity index (χ3n) is 10.5. The second-order valence-corrected chi connectivity index (χ2v) is 13.3. The Kier molecular flexibility index (Phi) is 5.75. The van der Waals surface area contributed by atoms with Crippen LogP contribution in [-0.4, -0.2) is 81.4 Å². The summed E-state index contributed by atoms with van der Waals surface area (Å²) >= 11 is 6.65. The lowest BCUT2D eigenvalue weighted by atomic mass is 9.95. The van der Waals surface area contributed by atoms with Crippen LogP contribution < -0.4 is 20.3 Å². The Bertz CT molecular complexity index is 1790. The van der Waals surface area contributed by atoms with Gasteiger partial charge in [0.25, 0.3) is 0 Å². The molecule has 2 bridgehead atoms. The fraction of sp³-hybridized carbons (Fsp3) is 0.469. The standard InChI is InChI=1S/C32H33ClFN7O2/c33-21-5-1-4-17-12-19(42)13-20(24(17)21)27-26(34)28-25-29(37-27)35-14-23-22-7-6-18(36-22)15-41(23)30(25)39-31(38-28)43-16-32-8-2-10-40(32)11-3-9-32/h1,4-5,12-13,18,22-23,36,42H,2-3,6-11,14-16H2,(H,35,37). The van der Waals surface area contributed by atoms with Crippen molar-refractivity contribution in [2.45, 2.75) is 62.2 Å². The number of nitrogens with zero attached hydrogens (tertiary/aromatic N) is 5. The molecule has 2 aromatic heterocycles. The molecule has 0 radical (unpaired) electrons. The fourth-order valence-corrected chi connectivity index (χ4v) is 8.79. The van der Waals surface area contributed by atoms with Gasteiger partial charge in [0.2, 0.25) is 0 Å². The van der Waals surface area contributed by atoms with Crippen molar-refractivity contribution in [1.29, 1.82) is 0 Å². The maximum atomic E-state index is 16.9. The molecule has 11 heteroatoms. The van der Waals surface area contributed by atoms with Crippen molar-refractivity contribution in [3.05, 3.63) is 41.2 Å². The summed E-state index contributed by atoms with van der Waals surface area (Å²) in [4.78, 5) is 19.5. The van der Waals surface area contributed by atoms with E-state index < -0.39 is 5.82 Å². The van der Waals surface area contributed by atoms with Gasteiger partial charge in [-0.15, -0.1) is 0 Å². The smallest absolute Gasteiger partial charge is 0.319 e. The Morgan fingerprint density at radius 2 is 1.95 bits per heavy atom. The number of fused-ring (bicyclic) bond motifs is 7. The van der Waals surface area contributed by atoms with Crippen molar-refractivity contribution in [2.24, 2.45) is 0 Å². The van der Waals surface area contributed by atoms with Gasteiger partial charge in [-0.2, -0.15) is 9.97 Å². The van der Waals surface area contributed by atoms with Crippen molar-refractivity contribution < 1.29 is 14.2 Å². The molecule has 0 spiro atoms. The number of aromatic hydroxyl groups is 1. The van der Waals surface area contributed by atoms with Crippen LogP contribution >= 0.6 is 11.6 Å². The second kappa shape index (κ2) is 9.51. The molecule has 2 aromatic carbocycles. The van der Waals surface area contributed by atoms with E-state index in [0.717, 1.165) is 58.2 Å². The lowest BCUT2D eigenvalue weighted by Crippen LogP contribution is -2.60. The van der Waals surface area contributed by atoms with Crippen LogP contribution in [0.15, 0.2) is 30.3 Å². The largest absolute Gasteiger partial charge is 0.508 e. The number of pyridine rings is 1. The van der Waals surface area contributed by atoms with E-state index in [4.69, 9.17) is 31.3 Å². The van der Waals surface area contributed by atoms with Gasteiger partial charge >= 0.3 is 6.01 Å². The highest BCUT2D eigenvalue weighted by Crippen LogP contribution is 2.45. The number of aromatic nitrogens is 3. The van der Waals surface area contributed by atoms with Gasteiger partial charge in [-0.3, -0.25) is 4.90 Å². The van der Waals surface area contributed by atoms with Crippen LogP contribution in [0.4, 0.5) is 16.0 Å². The molecule has 3 N–H and O–H groups in total. The molecule has 4 aromatic rings. The summed E-state index contributed by atoms with van der Waals surface area (Å²) in [5, 5.41) is 20.2. The van der Waals surface area contributed by atoms with Gasteiger partial charge < -0.3 is 25.4 Å². The molecule has 0 amide bonds. The van der Waals surface area contributed by atoms with Crippen molar-refractivity contribution >= 4 is 44.9 Å². The van der Waals surface area contributed by atoms with Crippen molar-refractivity contribution in [1.82, 2.24) is 25.2 Å². The Morgan fingerprint density at radius 1 is 1.09 bits per heavy atom. The van der Waals surface area contributed by atoms with Gasteiger partial charge in [-0.1, -0.05) is 23.7 Å². The number of halogens is 2. The molecule has 4 saturated heterocycles. The number of nitrogens with one attached hydrogen (secondary N) is 2. The van der Waals surface area contributed by atoms with Crippen LogP contribution in [0.3, 0.4) is 0 Å². The minimum absolute atomic E-state index is 0.00783. The molecule has 43 heavy (non-hydrogen) atoms. The first-order valence-corrected chi connectivity index (χ1v) is 15.8. The summed E-state index contributed by atoms with van der Waals surface area (Å²) in [6.07, 6.45) is 6.71. The zero-order chi connectivity index (χ0) is 28.9. The normalized spacial score (nSPS) is 25.5. The van der Waals surface area contributed by atoms with E-state index in [1.54, 1.807) is 12.1 Å². The molecule has 7 heterocycles. The van der Waals surface area contributed by atoms with Gasteiger partial charge in [-0.25, -0.2) is 9.37 Å². The first-order valence-electron chi connectivity index (χ1n) is 15.4. The first-order chi connectivity index (χ1) is 21.0. The summed E-state index contributed by atoms with van der Waals surface area (Å²) in [6.45, 7) is 4.09. The maximum Gasteiger partial charge on any atom is 0.319 e. The fourth-order valence-electron chi connectivity index (χ4n) is 8.51. The number of rotatable bonds is 4. The van der Waals surface area contributed by atoms with Gasteiger partial charge in [0.1, 0.15) is 35.2 Å². The third kappa shape index (κ3) is 3.92. The highest BCUT2D eigenvalue weighted by Gasteiger charge is 2.46. The summed E-state index contributed by atoms with van der Waals surface area (Å²) in [7, 11) is 0. The van der Waals surface area contributed by atoms with Crippen LogP contribution in [0, 0.1) is 5.82 Å². The molecule has 0 aliphatic carbocycles. The summed E-state index contributed by atoms with van der Waals surface area (Å²) < 4.78 is 23.4. The summed E-state index contributed by atoms with van der Waals surface area (Å²) in [5.74, 6) is 0.623.